The second-order valence-electron chi connectivity index (χ2n) is 6.08. The third-order valence-corrected chi connectivity index (χ3v) is 4.46. The number of pyridine rings is 2. The number of hydrazone groups is 1. The van der Waals surface area contributed by atoms with E-state index in [-0.39, 0.29) is 11.3 Å². The van der Waals surface area contributed by atoms with Gasteiger partial charge in [-0.25, -0.2) is 5.43 Å². The molecule has 0 saturated heterocycles. The molecule has 1 aliphatic heterocycles. The largest absolute Gasteiger partial charge is 0.506 e. The first-order chi connectivity index (χ1) is 12.7. The van der Waals surface area contributed by atoms with Crippen LogP contribution in [0.2, 0.25) is 0 Å². The summed E-state index contributed by atoms with van der Waals surface area (Å²) < 4.78 is 1.56. The van der Waals surface area contributed by atoms with E-state index in [1.54, 1.807) is 35.2 Å². The lowest BCUT2D eigenvalue weighted by molar-refractivity contribution is 0.0950. The SMILES string of the molecule is O=C(N/N=C/c1cccnc1)c1c(O)c2cccc3c2n(c1=O)CCC3. The minimum absolute atomic E-state index is 0.292. The van der Waals surface area contributed by atoms with Gasteiger partial charge in [-0.05, 0) is 30.5 Å². The summed E-state index contributed by atoms with van der Waals surface area (Å²) in [4.78, 5) is 29.2. The van der Waals surface area contributed by atoms with E-state index in [0.717, 1.165) is 18.4 Å². The van der Waals surface area contributed by atoms with Gasteiger partial charge in [0, 0.05) is 29.9 Å². The lowest BCUT2D eigenvalue weighted by Gasteiger charge is -2.21. The topological polar surface area (TPSA) is 96.6 Å². The molecular weight excluding hydrogens is 332 g/mol. The molecule has 130 valence electrons. The molecular formula is C19H16N4O3. The van der Waals surface area contributed by atoms with Crippen LogP contribution >= 0.6 is 0 Å². The van der Waals surface area contributed by atoms with Gasteiger partial charge in [-0.15, -0.1) is 0 Å². The number of amides is 1. The minimum Gasteiger partial charge on any atom is -0.506 e. The fourth-order valence-corrected chi connectivity index (χ4v) is 3.29. The van der Waals surface area contributed by atoms with Crippen LogP contribution in [-0.2, 0) is 13.0 Å². The molecule has 1 amide bonds. The van der Waals surface area contributed by atoms with Gasteiger partial charge in [-0.2, -0.15) is 5.10 Å². The quantitative estimate of drug-likeness (QED) is 0.557. The van der Waals surface area contributed by atoms with Crippen LogP contribution in [0.5, 0.6) is 5.75 Å². The Bertz CT molecular complexity index is 1090. The fourth-order valence-electron chi connectivity index (χ4n) is 3.29. The molecule has 4 rings (SSSR count). The Kier molecular flexibility index (Phi) is 3.96. The van der Waals surface area contributed by atoms with Crippen molar-refractivity contribution >= 4 is 23.0 Å². The number of hydrogen-bond acceptors (Lipinski definition) is 5. The second-order valence-corrected chi connectivity index (χ2v) is 6.08. The third kappa shape index (κ3) is 2.63. The summed E-state index contributed by atoms with van der Waals surface area (Å²) in [6, 6.07) is 8.99. The van der Waals surface area contributed by atoms with Crippen LogP contribution in [-0.4, -0.2) is 26.8 Å². The predicted octanol–water partition coefficient (Wildman–Crippen LogP) is 1.81. The van der Waals surface area contributed by atoms with Crippen molar-refractivity contribution in [3.05, 3.63) is 69.8 Å². The first kappa shape index (κ1) is 16.0. The van der Waals surface area contributed by atoms with Gasteiger partial charge < -0.3 is 9.67 Å². The molecule has 7 nitrogen and oxygen atoms in total. The molecule has 0 spiro atoms. The summed E-state index contributed by atoms with van der Waals surface area (Å²) in [5.74, 6) is -1.05. The number of nitrogens with one attached hydrogen (secondary N) is 1. The average molecular weight is 348 g/mol. The average Bonchev–Trinajstić information content (AvgIpc) is 2.67. The highest BCUT2D eigenvalue weighted by Gasteiger charge is 2.24. The van der Waals surface area contributed by atoms with Crippen LogP contribution in [0.25, 0.3) is 10.9 Å². The molecule has 2 N–H and O–H groups in total. The van der Waals surface area contributed by atoms with E-state index in [0.29, 0.717) is 23.0 Å². The highest BCUT2D eigenvalue weighted by Crippen LogP contribution is 2.31. The Balaban J connectivity index is 1.74. The molecule has 1 aliphatic rings. The molecule has 0 fully saturated rings. The monoisotopic (exact) mass is 348 g/mol. The summed E-state index contributed by atoms with van der Waals surface area (Å²) in [5.41, 5.74) is 3.92. The van der Waals surface area contributed by atoms with Crippen LogP contribution in [0.1, 0.15) is 27.9 Å². The Morgan fingerprint density at radius 1 is 1.31 bits per heavy atom. The van der Waals surface area contributed by atoms with E-state index in [2.05, 4.69) is 15.5 Å². The molecule has 1 aromatic carbocycles. The van der Waals surface area contributed by atoms with Crippen LogP contribution in [0.15, 0.2) is 52.6 Å². The van der Waals surface area contributed by atoms with Gasteiger partial charge in [0.1, 0.15) is 11.3 Å². The number of carbonyl (C=O) groups is 1. The first-order valence-electron chi connectivity index (χ1n) is 8.27. The van der Waals surface area contributed by atoms with E-state index in [1.807, 2.05) is 12.1 Å². The van der Waals surface area contributed by atoms with Crippen LogP contribution in [0.4, 0.5) is 0 Å². The van der Waals surface area contributed by atoms with Crippen molar-refractivity contribution < 1.29 is 9.90 Å². The Morgan fingerprint density at radius 2 is 2.19 bits per heavy atom. The molecule has 7 heteroatoms. The van der Waals surface area contributed by atoms with E-state index in [4.69, 9.17) is 0 Å². The van der Waals surface area contributed by atoms with Crippen LogP contribution in [0.3, 0.4) is 0 Å². The minimum atomic E-state index is -0.741. The number of hydrogen-bond donors (Lipinski definition) is 2. The lowest BCUT2D eigenvalue weighted by Crippen LogP contribution is -2.33. The fraction of sp³-hybridized carbons (Fsp3) is 0.158. The van der Waals surface area contributed by atoms with E-state index in [9.17, 15) is 14.7 Å². The van der Waals surface area contributed by atoms with Crippen molar-refractivity contribution in [2.75, 3.05) is 0 Å². The number of aromatic hydroxyl groups is 1. The van der Waals surface area contributed by atoms with Gasteiger partial charge in [0.05, 0.1) is 11.7 Å². The van der Waals surface area contributed by atoms with Crippen molar-refractivity contribution in [2.45, 2.75) is 19.4 Å². The van der Waals surface area contributed by atoms with Gasteiger partial charge in [-0.3, -0.25) is 14.6 Å². The molecule has 3 aromatic rings. The Labute approximate surface area is 148 Å². The van der Waals surface area contributed by atoms with Crippen LogP contribution < -0.4 is 11.0 Å². The molecule has 0 atom stereocenters. The first-order valence-corrected chi connectivity index (χ1v) is 8.27. The third-order valence-electron chi connectivity index (χ3n) is 4.46. The number of nitrogens with zero attached hydrogens (tertiary/aromatic N) is 3. The molecule has 0 bridgehead atoms. The standard InChI is InChI=1S/C19H16N4O3/c24-17-14-7-1-5-13-6-3-9-23(16(13)14)19(26)15(17)18(25)22-21-11-12-4-2-8-20-10-12/h1-2,4-5,7-8,10-11,24H,3,6,9H2,(H,22,25)/b21-11+. The normalized spacial score (nSPS) is 13.2. The van der Waals surface area contributed by atoms with Crippen molar-refractivity contribution in [2.24, 2.45) is 5.10 Å². The van der Waals surface area contributed by atoms with Crippen molar-refractivity contribution in [3.8, 4) is 5.75 Å². The predicted molar refractivity (Wildman–Crippen MR) is 97.5 cm³/mol. The van der Waals surface area contributed by atoms with Crippen LogP contribution in [0, 0.1) is 0 Å². The number of aromatic nitrogens is 2. The van der Waals surface area contributed by atoms with E-state index in [1.165, 1.54) is 6.21 Å². The number of aryl methyl sites for hydroxylation is 2. The highest BCUT2D eigenvalue weighted by atomic mass is 16.3. The second kappa shape index (κ2) is 6.44. The summed E-state index contributed by atoms with van der Waals surface area (Å²) in [7, 11) is 0. The maximum Gasteiger partial charge on any atom is 0.280 e. The zero-order valence-electron chi connectivity index (χ0n) is 13.8. The molecule has 0 unspecified atom stereocenters. The lowest BCUT2D eigenvalue weighted by atomic mass is 9.99. The van der Waals surface area contributed by atoms with E-state index >= 15 is 0 Å². The number of carbonyl (C=O) groups excluding carboxylic acids is 1. The van der Waals surface area contributed by atoms with Crippen molar-refractivity contribution in [1.29, 1.82) is 0 Å². The molecule has 0 aliphatic carbocycles. The highest BCUT2D eigenvalue weighted by molar-refractivity contribution is 6.03. The molecule has 0 radical (unpaired) electrons. The number of benzene rings is 1. The number of para-hydroxylation sites is 1. The summed E-state index contributed by atoms with van der Waals surface area (Å²) in [6.45, 7) is 0.520. The Hall–Kier alpha value is -3.48. The summed E-state index contributed by atoms with van der Waals surface area (Å²) in [6.07, 6.45) is 6.30. The van der Waals surface area contributed by atoms with Gasteiger partial charge in [0.25, 0.3) is 11.5 Å². The molecule has 3 heterocycles. The zero-order chi connectivity index (χ0) is 18.1. The molecule has 26 heavy (non-hydrogen) atoms. The van der Waals surface area contributed by atoms with Gasteiger partial charge in [0.15, 0.2) is 0 Å². The molecule has 0 saturated carbocycles. The maximum atomic E-state index is 12.8. The number of rotatable bonds is 3. The van der Waals surface area contributed by atoms with Gasteiger partial charge >= 0.3 is 0 Å². The summed E-state index contributed by atoms with van der Waals surface area (Å²) in [5, 5.41) is 14.9. The van der Waals surface area contributed by atoms with Crippen molar-refractivity contribution in [1.82, 2.24) is 15.0 Å². The maximum absolute atomic E-state index is 12.8. The van der Waals surface area contributed by atoms with Gasteiger partial charge in [0.2, 0.25) is 0 Å². The smallest absolute Gasteiger partial charge is 0.280 e. The Morgan fingerprint density at radius 3 is 3.00 bits per heavy atom. The molecule has 2 aromatic heterocycles. The summed E-state index contributed by atoms with van der Waals surface area (Å²) >= 11 is 0. The zero-order valence-corrected chi connectivity index (χ0v) is 13.8. The van der Waals surface area contributed by atoms with Crippen molar-refractivity contribution in [3.63, 3.8) is 0 Å². The van der Waals surface area contributed by atoms with E-state index < -0.39 is 11.5 Å². The van der Waals surface area contributed by atoms with Gasteiger partial charge in [-0.1, -0.05) is 18.2 Å².